The zero-order valence-corrected chi connectivity index (χ0v) is 16.7. The minimum atomic E-state index is -2.89. The summed E-state index contributed by atoms with van der Waals surface area (Å²) in [6.07, 6.45) is 3.09. The standard InChI is InChI=1S/C14H26N4O3S.HI/c1-2-15-14(17-12-6-10-22(20,21)11-12)16-7-4-9-18-8-3-5-13(18)19;/h12H,2-11H2,1H3,(H2,15,16,17);1H. The molecule has 2 rings (SSSR count). The molecular weight excluding hydrogens is 431 g/mol. The van der Waals surface area contributed by atoms with Crippen LogP contribution in [0.2, 0.25) is 0 Å². The monoisotopic (exact) mass is 458 g/mol. The molecule has 2 aliphatic heterocycles. The maximum absolute atomic E-state index is 11.5. The van der Waals surface area contributed by atoms with Crippen molar-refractivity contribution >= 4 is 45.7 Å². The highest BCUT2D eigenvalue weighted by Gasteiger charge is 2.28. The number of aliphatic imine (C=N–C) groups is 1. The molecular formula is C14H27IN4O3S. The molecule has 0 bridgehead atoms. The summed E-state index contributed by atoms with van der Waals surface area (Å²) in [4.78, 5) is 17.9. The van der Waals surface area contributed by atoms with E-state index in [0.717, 1.165) is 32.5 Å². The topological polar surface area (TPSA) is 90.9 Å². The summed E-state index contributed by atoms with van der Waals surface area (Å²) in [5.41, 5.74) is 0. The van der Waals surface area contributed by atoms with Gasteiger partial charge in [-0.15, -0.1) is 24.0 Å². The molecule has 0 aromatic heterocycles. The molecule has 0 spiro atoms. The molecule has 1 atom stereocenters. The van der Waals surface area contributed by atoms with Gasteiger partial charge in [-0.2, -0.15) is 0 Å². The summed E-state index contributed by atoms with van der Waals surface area (Å²) < 4.78 is 23.0. The zero-order valence-electron chi connectivity index (χ0n) is 13.6. The third-order valence-corrected chi connectivity index (χ3v) is 5.71. The van der Waals surface area contributed by atoms with Gasteiger partial charge in [-0.3, -0.25) is 9.79 Å². The van der Waals surface area contributed by atoms with E-state index in [9.17, 15) is 13.2 Å². The number of guanidine groups is 1. The average molecular weight is 458 g/mol. The Morgan fingerprint density at radius 2 is 2.22 bits per heavy atom. The molecule has 0 aromatic carbocycles. The van der Waals surface area contributed by atoms with E-state index in [2.05, 4.69) is 15.6 Å². The van der Waals surface area contributed by atoms with E-state index in [4.69, 9.17) is 0 Å². The maximum Gasteiger partial charge on any atom is 0.222 e. The van der Waals surface area contributed by atoms with Crippen molar-refractivity contribution in [2.24, 2.45) is 4.99 Å². The van der Waals surface area contributed by atoms with Crippen LogP contribution in [0.1, 0.15) is 32.6 Å². The summed E-state index contributed by atoms with van der Waals surface area (Å²) in [5, 5.41) is 6.33. The summed E-state index contributed by atoms with van der Waals surface area (Å²) in [6, 6.07) is -0.0528. The van der Waals surface area contributed by atoms with Gasteiger partial charge in [-0.1, -0.05) is 0 Å². The lowest BCUT2D eigenvalue weighted by molar-refractivity contribution is -0.127. The third-order valence-electron chi connectivity index (χ3n) is 3.94. The van der Waals surface area contributed by atoms with Crippen LogP contribution in [-0.2, 0) is 14.6 Å². The first-order valence-corrected chi connectivity index (χ1v) is 9.85. The van der Waals surface area contributed by atoms with Crippen LogP contribution in [0.3, 0.4) is 0 Å². The van der Waals surface area contributed by atoms with E-state index in [1.54, 1.807) is 0 Å². The number of hydrogen-bond acceptors (Lipinski definition) is 4. The second-order valence-electron chi connectivity index (χ2n) is 5.84. The minimum Gasteiger partial charge on any atom is -0.357 e. The molecule has 9 heteroatoms. The molecule has 0 aromatic rings. The number of carbonyl (C=O) groups excluding carboxylic acids is 1. The Labute approximate surface area is 155 Å². The molecule has 2 aliphatic rings. The highest BCUT2D eigenvalue weighted by molar-refractivity contribution is 14.0. The molecule has 1 amide bonds. The SMILES string of the molecule is CCNC(=NCCCN1CCCC1=O)NC1CCS(=O)(=O)C1.I. The van der Waals surface area contributed by atoms with Crippen molar-refractivity contribution in [2.45, 2.75) is 38.6 Å². The van der Waals surface area contributed by atoms with Crippen LogP contribution in [0.15, 0.2) is 4.99 Å². The molecule has 2 fully saturated rings. The van der Waals surface area contributed by atoms with Gasteiger partial charge >= 0.3 is 0 Å². The highest BCUT2D eigenvalue weighted by atomic mass is 127. The molecule has 7 nitrogen and oxygen atoms in total. The molecule has 0 aliphatic carbocycles. The lowest BCUT2D eigenvalue weighted by Gasteiger charge is -2.17. The van der Waals surface area contributed by atoms with E-state index in [1.807, 2.05) is 11.8 Å². The van der Waals surface area contributed by atoms with Gasteiger partial charge in [0.1, 0.15) is 0 Å². The van der Waals surface area contributed by atoms with Crippen molar-refractivity contribution in [1.29, 1.82) is 0 Å². The number of nitrogens with zero attached hydrogens (tertiary/aromatic N) is 2. The summed E-state index contributed by atoms with van der Waals surface area (Å²) in [5.74, 6) is 1.34. The third kappa shape index (κ3) is 6.82. The maximum atomic E-state index is 11.5. The molecule has 2 heterocycles. The quantitative estimate of drug-likeness (QED) is 0.260. The summed E-state index contributed by atoms with van der Waals surface area (Å²) >= 11 is 0. The number of sulfone groups is 1. The van der Waals surface area contributed by atoms with Gasteiger partial charge in [-0.25, -0.2) is 8.42 Å². The van der Waals surface area contributed by atoms with Crippen molar-refractivity contribution in [2.75, 3.05) is 37.7 Å². The second kappa shape index (κ2) is 9.65. The van der Waals surface area contributed by atoms with Crippen molar-refractivity contribution in [3.63, 3.8) is 0 Å². The highest BCUT2D eigenvalue weighted by Crippen LogP contribution is 2.11. The Morgan fingerprint density at radius 1 is 1.43 bits per heavy atom. The van der Waals surface area contributed by atoms with Gasteiger partial charge in [0.25, 0.3) is 0 Å². The predicted octanol–water partition coefficient (Wildman–Crippen LogP) is 0.359. The number of nitrogens with one attached hydrogen (secondary N) is 2. The van der Waals surface area contributed by atoms with Crippen molar-refractivity contribution in [3.05, 3.63) is 0 Å². The Balaban J connectivity index is 0.00000264. The van der Waals surface area contributed by atoms with E-state index in [1.165, 1.54) is 0 Å². The van der Waals surface area contributed by atoms with Crippen LogP contribution in [0.25, 0.3) is 0 Å². The number of amides is 1. The van der Waals surface area contributed by atoms with Crippen molar-refractivity contribution in [3.8, 4) is 0 Å². The van der Waals surface area contributed by atoms with Crippen molar-refractivity contribution in [1.82, 2.24) is 15.5 Å². The largest absolute Gasteiger partial charge is 0.357 e. The summed E-state index contributed by atoms with van der Waals surface area (Å²) in [6.45, 7) is 4.94. The second-order valence-corrected chi connectivity index (χ2v) is 8.07. The number of hydrogen-bond donors (Lipinski definition) is 2. The van der Waals surface area contributed by atoms with E-state index >= 15 is 0 Å². The van der Waals surface area contributed by atoms with Crippen LogP contribution >= 0.6 is 24.0 Å². The fraction of sp³-hybridized carbons (Fsp3) is 0.857. The van der Waals surface area contributed by atoms with E-state index in [0.29, 0.717) is 25.3 Å². The van der Waals surface area contributed by atoms with Crippen LogP contribution in [0, 0.1) is 0 Å². The molecule has 0 saturated carbocycles. The molecule has 1 unspecified atom stereocenters. The van der Waals surface area contributed by atoms with Crippen LogP contribution in [-0.4, -0.2) is 68.9 Å². The zero-order chi connectivity index (χ0) is 16.0. The Hall–Kier alpha value is -0.580. The minimum absolute atomic E-state index is 0. The molecule has 23 heavy (non-hydrogen) atoms. The van der Waals surface area contributed by atoms with E-state index < -0.39 is 9.84 Å². The van der Waals surface area contributed by atoms with Gasteiger partial charge in [0.2, 0.25) is 5.91 Å². The summed E-state index contributed by atoms with van der Waals surface area (Å²) in [7, 11) is -2.89. The van der Waals surface area contributed by atoms with Crippen LogP contribution in [0.4, 0.5) is 0 Å². The number of rotatable bonds is 6. The normalized spacial score (nSPS) is 23.7. The molecule has 0 radical (unpaired) electrons. The van der Waals surface area contributed by atoms with Gasteiger partial charge in [0.05, 0.1) is 11.5 Å². The fourth-order valence-electron chi connectivity index (χ4n) is 2.82. The van der Waals surface area contributed by atoms with Crippen LogP contribution in [0.5, 0.6) is 0 Å². The van der Waals surface area contributed by atoms with Crippen LogP contribution < -0.4 is 10.6 Å². The van der Waals surface area contributed by atoms with Gasteiger partial charge in [-0.05, 0) is 26.2 Å². The van der Waals surface area contributed by atoms with Gasteiger partial charge in [0.15, 0.2) is 15.8 Å². The Bertz CT molecular complexity index is 524. The Morgan fingerprint density at radius 3 is 2.78 bits per heavy atom. The van der Waals surface area contributed by atoms with Crippen molar-refractivity contribution < 1.29 is 13.2 Å². The predicted molar refractivity (Wildman–Crippen MR) is 102 cm³/mol. The smallest absolute Gasteiger partial charge is 0.222 e. The molecule has 2 N–H and O–H groups in total. The number of halogens is 1. The first kappa shape index (κ1) is 20.5. The lowest BCUT2D eigenvalue weighted by atomic mass is 10.3. The lowest BCUT2D eigenvalue weighted by Crippen LogP contribution is -2.44. The molecule has 134 valence electrons. The first-order chi connectivity index (χ1) is 10.5. The molecule has 2 saturated heterocycles. The first-order valence-electron chi connectivity index (χ1n) is 8.03. The van der Waals surface area contributed by atoms with Gasteiger partial charge < -0.3 is 15.5 Å². The Kier molecular flexibility index (Phi) is 8.59. The van der Waals surface area contributed by atoms with Gasteiger partial charge in [0, 0.05) is 38.6 Å². The number of likely N-dealkylation sites (tertiary alicyclic amines) is 1. The fourth-order valence-corrected chi connectivity index (χ4v) is 4.49. The number of carbonyl (C=O) groups is 1. The average Bonchev–Trinajstić information content (AvgIpc) is 3.01. The van der Waals surface area contributed by atoms with E-state index in [-0.39, 0.29) is 47.4 Å².